The summed E-state index contributed by atoms with van der Waals surface area (Å²) in [7, 11) is 1.66. The number of carbonyl (C=O) groups excluding carboxylic acids is 1. The molecule has 2 heterocycles. The average Bonchev–Trinajstić information content (AvgIpc) is 3.26. The fraction of sp³-hybridized carbons (Fsp3) is 0.421. The maximum Gasteiger partial charge on any atom is 0.257 e. The van der Waals surface area contributed by atoms with E-state index in [4.69, 9.17) is 13.9 Å². The highest BCUT2D eigenvalue weighted by atomic mass is 16.5. The predicted molar refractivity (Wildman–Crippen MR) is 89.9 cm³/mol. The summed E-state index contributed by atoms with van der Waals surface area (Å²) in [5, 5.41) is 0. The highest BCUT2D eigenvalue weighted by Gasteiger charge is 2.38. The molecule has 1 aliphatic rings. The fourth-order valence-electron chi connectivity index (χ4n) is 3.20. The summed E-state index contributed by atoms with van der Waals surface area (Å²) < 4.78 is 16.1. The van der Waals surface area contributed by atoms with Crippen molar-refractivity contribution in [2.24, 2.45) is 0 Å². The molecule has 0 unspecified atom stereocenters. The molecule has 1 saturated heterocycles. The van der Waals surface area contributed by atoms with Crippen LogP contribution in [0.5, 0.6) is 0 Å². The summed E-state index contributed by atoms with van der Waals surface area (Å²) in [5.41, 5.74) is 1.79. The lowest BCUT2D eigenvalue weighted by molar-refractivity contribution is 0.000487. The Morgan fingerprint density at radius 1 is 1.25 bits per heavy atom. The van der Waals surface area contributed by atoms with E-state index in [0.717, 1.165) is 12.8 Å². The van der Waals surface area contributed by atoms with E-state index in [1.807, 2.05) is 23.1 Å². The van der Waals surface area contributed by atoms with Crippen molar-refractivity contribution in [3.8, 4) is 0 Å². The van der Waals surface area contributed by atoms with Crippen molar-refractivity contribution in [2.45, 2.75) is 25.0 Å². The number of amides is 1. The van der Waals surface area contributed by atoms with Crippen LogP contribution in [0.25, 0.3) is 0 Å². The summed E-state index contributed by atoms with van der Waals surface area (Å²) in [5.74, 6) is 0.00234. The van der Waals surface area contributed by atoms with Gasteiger partial charge in [-0.25, -0.2) is 0 Å². The molecule has 5 heteroatoms. The van der Waals surface area contributed by atoms with Gasteiger partial charge in [-0.3, -0.25) is 4.79 Å². The molecule has 2 atom stereocenters. The molecular formula is C19H23NO4. The molecule has 128 valence electrons. The Kier molecular flexibility index (Phi) is 5.67. The molecule has 0 N–H and O–H groups in total. The summed E-state index contributed by atoms with van der Waals surface area (Å²) in [4.78, 5) is 14.7. The van der Waals surface area contributed by atoms with Gasteiger partial charge >= 0.3 is 0 Å². The van der Waals surface area contributed by atoms with E-state index in [-0.39, 0.29) is 18.1 Å². The number of nitrogens with zero attached hydrogens (tertiary/aromatic N) is 1. The smallest absolute Gasteiger partial charge is 0.257 e. The minimum absolute atomic E-state index is 0.00234. The topological polar surface area (TPSA) is 51.9 Å². The second-order valence-corrected chi connectivity index (χ2v) is 5.96. The molecule has 1 fully saturated rings. The normalized spacial score (nSPS) is 20.5. The second-order valence-electron chi connectivity index (χ2n) is 5.96. The molecule has 1 aromatic carbocycles. The van der Waals surface area contributed by atoms with E-state index in [1.54, 1.807) is 13.2 Å². The van der Waals surface area contributed by atoms with Crippen molar-refractivity contribution < 1.29 is 18.7 Å². The summed E-state index contributed by atoms with van der Waals surface area (Å²) in [6, 6.07) is 11.9. The number of carbonyl (C=O) groups is 1. The standard InChI is InChI=1S/C19H23NO4/c1-22-11-12-24-18-7-9-20(19(21)16-8-10-23-14-16)17(18)13-15-5-3-2-4-6-15/h2-6,8,10,14,17-18H,7,9,11-13H2,1H3/t17-,18+/m0/s1. The second kappa shape index (κ2) is 8.13. The fourth-order valence-corrected chi connectivity index (χ4v) is 3.20. The third-order valence-electron chi connectivity index (χ3n) is 4.42. The van der Waals surface area contributed by atoms with Crippen molar-refractivity contribution in [1.82, 2.24) is 4.90 Å². The van der Waals surface area contributed by atoms with Gasteiger partial charge < -0.3 is 18.8 Å². The number of benzene rings is 1. The molecule has 5 nitrogen and oxygen atoms in total. The van der Waals surface area contributed by atoms with Crippen LogP contribution < -0.4 is 0 Å². The molecule has 0 spiro atoms. The van der Waals surface area contributed by atoms with Gasteiger partial charge in [0.05, 0.1) is 37.2 Å². The Morgan fingerprint density at radius 2 is 2.08 bits per heavy atom. The molecule has 1 amide bonds. The first-order valence-electron chi connectivity index (χ1n) is 8.27. The Labute approximate surface area is 142 Å². The highest BCUT2D eigenvalue weighted by Crippen LogP contribution is 2.26. The number of hydrogen-bond acceptors (Lipinski definition) is 4. The largest absolute Gasteiger partial charge is 0.472 e. The molecule has 3 rings (SSSR count). The Balaban J connectivity index is 1.75. The third-order valence-corrected chi connectivity index (χ3v) is 4.42. The average molecular weight is 329 g/mol. The molecule has 1 aliphatic heterocycles. The van der Waals surface area contributed by atoms with Gasteiger partial charge in [0.25, 0.3) is 5.91 Å². The van der Waals surface area contributed by atoms with E-state index in [0.29, 0.717) is 25.3 Å². The van der Waals surface area contributed by atoms with Crippen LogP contribution in [-0.4, -0.2) is 49.8 Å². The first-order chi connectivity index (χ1) is 11.8. The number of furan rings is 1. The molecule has 0 saturated carbocycles. The maximum absolute atomic E-state index is 12.8. The van der Waals surface area contributed by atoms with Gasteiger partial charge in [-0.15, -0.1) is 0 Å². The van der Waals surface area contributed by atoms with E-state index in [9.17, 15) is 4.79 Å². The molecule has 2 aromatic rings. The van der Waals surface area contributed by atoms with Crippen LogP contribution in [0.15, 0.2) is 53.3 Å². The van der Waals surface area contributed by atoms with Gasteiger partial charge in [0.2, 0.25) is 0 Å². The van der Waals surface area contributed by atoms with Crippen molar-refractivity contribution in [3.63, 3.8) is 0 Å². The van der Waals surface area contributed by atoms with Crippen LogP contribution in [0.4, 0.5) is 0 Å². The van der Waals surface area contributed by atoms with Gasteiger partial charge in [0, 0.05) is 13.7 Å². The van der Waals surface area contributed by atoms with Crippen LogP contribution in [0.3, 0.4) is 0 Å². The number of likely N-dealkylation sites (tertiary alicyclic amines) is 1. The van der Waals surface area contributed by atoms with Crippen molar-refractivity contribution >= 4 is 5.91 Å². The van der Waals surface area contributed by atoms with Crippen LogP contribution in [-0.2, 0) is 15.9 Å². The SMILES string of the molecule is COCCO[C@@H]1CCN(C(=O)c2ccoc2)[C@H]1Cc1ccccc1. The Bertz CT molecular complexity index is 626. The lowest BCUT2D eigenvalue weighted by Gasteiger charge is -2.28. The zero-order valence-electron chi connectivity index (χ0n) is 13.9. The maximum atomic E-state index is 12.8. The van der Waals surface area contributed by atoms with Crippen LogP contribution in [0, 0.1) is 0 Å². The number of hydrogen-bond donors (Lipinski definition) is 0. The predicted octanol–water partition coefficient (Wildman–Crippen LogP) is 2.77. The van der Waals surface area contributed by atoms with Gasteiger partial charge in [-0.05, 0) is 24.5 Å². The Hall–Kier alpha value is -2.11. The monoisotopic (exact) mass is 329 g/mol. The van der Waals surface area contributed by atoms with Crippen molar-refractivity contribution in [2.75, 3.05) is 26.9 Å². The minimum atomic E-state index is 0.00234. The van der Waals surface area contributed by atoms with Gasteiger partial charge in [0.15, 0.2) is 0 Å². The third kappa shape index (κ3) is 3.86. The molecule has 0 radical (unpaired) electrons. The summed E-state index contributed by atoms with van der Waals surface area (Å²) in [6.07, 6.45) is 4.67. The minimum Gasteiger partial charge on any atom is -0.472 e. The molecule has 24 heavy (non-hydrogen) atoms. The lowest BCUT2D eigenvalue weighted by atomic mass is 10.0. The zero-order valence-corrected chi connectivity index (χ0v) is 13.9. The number of rotatable bonds is 7. The first-order valence-corrected chi connectivity index (χ1v) is 8.27. The van der Waals surface area contributed by atoms with Gasteiger partial charge in [-0.2, -0.15) is 0 Å². The van der Waals surface area contributed by atoms with Crippen molar-refractivity contribution in [3.05, 3.63) is 60.1 Å². The van der Waals surface area contributed by atoms with E-state index >= 15 is 0 Å². The quantitative estimate of drug-likeness (QED) is 0.733. The molecule has 1 aromatic heterocycles. The van der Waals surface area contributed by atoms with Crippen molar-refractivity contribution in [1.29, 1.82) is 0 Å². The van der Waals surface area contributed by atoms with Gasteiger partial charge in [0.1, 0.15) is 6.26 Å². The summed E-state index contributed by atoms with van der Waals surface area (Å²) in [6.45, 7) is 1.80. The lowest BCUT2D eigenvalue weighted by Crippen LogP contribution is -2.42. The number of methoxy groups -OCH3 is 1. The molecule has 0 bridgehead atoms. The van der Waals surface area contributed by atoms with E-state index in [1.165, 1.54) is 18.1 Å². The van der Waals surface area contributed by atoms with E-state index in [2.05, 4.69) is 12.1 Å². The van der Waals surface area contributed by atoms with Crippen LogP contribution in [0.2, 0.25) is 0 Å². The highest BCUT2D eigenvalue weighted by molar-refractivity contribution is 5.94. The first kappa shape index (κ1) is 16.7. The van der Waals surface area contributed by atoms with Crippen LogP contribution >= 0.6 is 0 Å². The van der Waals surface area contributed by atoms with Gasteiger partial charge in [-0.1, -0.05) is 30.3 Å². The van der Waals surface area contributed by atoms with E-state index < -0.39 is 0 Å². The molecule has 0 aliphatic carbocycles. The summed E-state index contributed by atoms with van der Waals surface area (Å²) >= 11 is 0. The Morgan fingerprint density at radius 3 is 2.79 bits per heavy atom. The van der Waals surface area contributed by atoms with Crippen LogP contribution in [0.1, 0.15) is 22.3 Å². The number of ether oxygens (including phenoxy) is 2. The molecular weight excluding hydrogens is 306 g/mol. The zero-order chi connectivity index (χ0) is 16.8.